The molecule has 1 amide bonds. The lowest BCUT2D eigenvalue weighted by atomic mass is 10.1. The molecular weight excluding hydrogens is 300 g/mol. The van der Waals surface area contributed by atoms with Crippen LogP contribution < -0.4 is 10.1 Å². The molecule has 1 fully saturated rings. The van der Waals surface area contributed by atoms with Gasteiger partial charge in [0, 0.05) is 32.2 Å². The minimum absolute atomic E-state index is 0.0919. The van der Waals surface area contributed by atoms with E-state index in [4.69, 9.17) is 9.47 Å². The number of aliphatic hydroxyl groups is 1. The lowest BCUT2D eigenvalue weighted by Crippen LogP contribution is -2.51. The summed E-state index contributed by atoms with van der Waals surface area (Å²) in [5.41, 5.74) is -0.914. The number of carbonyl (C=O) groups is 1. The Kier molecular flexibility index (Phi) is 5.81. The smallest absolute Gasteiger partial charge is 0.255 e. The number of amides is 1. The van der Waals surface area contributed by atoms with Crippen molar-refractivity contribution >= 4 is 5.91 Å². The predicted octanol–water partition coefficient (Wildman–Crippen LogP) is 0.214. The van der Waals surface area contributed by atoms with Gasteiger partial charge in [-0.1, -0.05) is 0 Å². The summed E-state index contributed by atoms with van der Waals surface area (Å²) < 4.78 is 10.3. The van der Waals surface area contributed by atoms with Crippen LogP contribution in [-0.2, 0) is 4.74 Å². The number of carbonyl (C=O) groups excluding carboxylic acids is 1. The molecule has 1 saturated heterocycles. The third-order valence-corrected chi connectivity index (χ3v) is 3.75. The number of hydrogen-bond donors (Lipinski definition) is 3. The van der Waals surface area contributed by atoms with Gasteiger partial charge in [0.1, 0.15) is 11.5 Å². The van der Waals surface area contributed by atoms with Gasteiger partial charge < -0.3 is 25.0 Å². The zero-order valence-corrected chi connectivity index (χ0v) is 13.5. The van der Waals surface area contributed by atoms with Crippen molar-refractivity contribution in [3.63, 3.8) is 0 Å². The second kappa shape index (κ2) is 7.63. The minimum atomic E-state index is -1.06. The van der Waals surface area contributed by atoms with Gasteiger partial charge in [0.25, 0.3) is 5.91 Å². The minimum Gasteiger partial charge on any atom is -0.507 e. The van der Waals surface area contributed by atoms with Crippen molar-refractivity contribution < 1.29 is 24.5 Å². The molecule has 0 unspecified atom stereocenters. The number of aromatic hydroxyl groups is 1. The molecule has 0 radical (unpaired) electrons. The van der Waals surface area contributed by atoms with Gasteiger partial charge in [0.05, 0.1) is 31.5 Å². The van der Waals surface area contributed by atoms with Crippen molar-refractivity contribution in [3.05, 3.63) is 23.8 Å². The van der Waals surface area contributed by atoms with E-state index in [1.165, 1.54) is 19.2 Å². The number of nitrogens with zero attached hydrogens (tertiary/aromatic N) is 1. The fraction of sp³-hybridized carbons (Fsp3) is 0.562. The molecule has 0 aliphatic carbocycles. The summed E-state index contributed by atoms with van der Waals surface area (Å²) in [4.78, 5) is 14.2. The van der Waals surface area contributed by atoms with Crippen LogP contribution in [0.15, 0.2) is 18.2 Å². The highest BCUT2D eigenvalue weighted by atomic mass is 16.5. The molecule has 1 aromatic carbocycles. The number of morpholine rings is 1. The van der Waals surface area contributed by atoms with Gasteiger partial charge in [-0.15, -0.1) is 0 Å². The number of nitrogens with one attached hydrogen (secondary N) is 1. The molecule has 7 heteroatoms. The first-order valence-corrected chi connectivity index (χ1v) is 7.59. The van der Waals surface area contributed by atoms with Gasteiger partial charge >= 0.3 is 0 Å². The van der Waals surface area contributed by atoms with Gasteiger partial charge in [-0.05, 0) is 19.1 Å². The molecule has 0 bridgehead atoms. The molecule has 1 aliphatic heterocycles. The van der Waals surface area contributed by atoms with Gasteiger partial charge in [0.2, 0.25) is 0 Å². The van der Waals surface area contributed by atoms with Crippen molar-refractivity contribution in [2.45, 2.75) is 12.5 Å². The molecule has 7 nitrogen and oxygen atoms in total. The number of β-amino-alcohol motifs (C(OH)–C–C–N with tert-alkyl or cyclic N) is 1. The van der Waals surface area contributed by atoms with Crippen molar-refractivity contribution in [1.82, 2.24) is 10.2 Å². The summed E-state index contributed by atoms with van der Waals surface area (Å²) in [7, 11) is 1.48. The largest absolute Gasteiger partial charge is 0.507 e. The molecule has 128 valence electrons. The number of hydrogen-bond acceptors (Lipinski definition) is 6. The van der Waals surface area contributed by atoms with E-state index in [-0.39, 0.29) is 17.9 Å². The van der Waals surface area contributed by atoms with Crippen LogP contribution in [0.4, 0.5) is 0 Å². The monoisotopic (exact) mass is 324 g/mol. The van der Waals surface area contributed by atoms with Gasteiger partial charge in [-0.25, -0.2) is 0 Å². The summed E-state index contributed by atoms with van der Waals surface area (Å²) in [5.74, 6) is -0.125. The fourth-order valence-corrected chi connectivity index (χ4v) is 2.49. The Morgan fingerprint density at radius 3 is 2.74 bits per heavy atom. The summed E-state index contributed by atoms with van der Waals surface area (Å²) in [6, 6.07) is 4.46. The van der Waals surface area contributed by atoms with Crippen molar-refractivity contribution in [1.29, 1.82) is 0 Å². The normalized spacial score (nSPS) is 18.2. The number of phenolic OH excluding ortho intramolecular Hbond substituents is 1. The Balaban J connectivity index is 1.89. The van der Waals surface area contributed by atoms with Gasteiger partial charge in [-0.3, -0.25) is 9.69 Å². The molecule has 1 aromatic rings. The number of methoxy groups -OCH3 is 1. The molecule has 23 heavy (non-hydrogen) atoms. The molecule has 1 aliphatic rings. The molecule has 3 N–H and O–H groups in total. The van der Waals surface area contributed by atoms with E-state index in [0.29, 0.717) is 25.5 Å². The van der Waals surface area contributed by atoms with Crippen LogP contribution >= 0.6 is 0 Å². The number of ether oxygens (including phenoxy) is 2. The summed E-state index contributed by atoms with van der Waals surface area (Å²) in [6.45, 7) is 5.06. The average Bonchev–Trinajstić information content (AvgIpc) is 2.53. The van der Waals surface area contributed by atoms with E-state index in [1.54, 1.807) is 13.0 Å². The number of rotatable bonds is 6. The molecule has 2 rings (SSSR count). The van der Waals surface area contributed by atoms with Crippen LogP contribution in [0.5, 0.6) is 11.5 Å². The molecule has 1 heterocycles. The number of phenols is 1. The lowest BCUT2D eigenvalue weighted by molar-refractivity contribution is -0.0213. The third kappa shape index (κ3) is 5.09. The zero-order chi connectivity index (χ0) is 16.9. The second-order valence-corrected chi connectivity index (χ2v) is 5.95. The van der Waals surface area contributed by atoms with E-state index < -0.39 is 11.5 Å². The van der Waals surface area contributed by atoms with E-state index in [2.05, 4.69) is 10.2 Å². The first-order valence-electron chi connectivity index (χ1n) is 7.59. The van der Waals surface area contributed by atoms with E-state index in [0.717, 1.165) is 13.1 Å². The highest BCUT2D eigenvalue weighted by molar-refractivity contribution is 5.97. The topological polar surface area (TPSA) is 91.3 Å². The zero-order valence-electron chi connectivity index (χ0n) is 13.5. The quantitative estimate of drug-likeness (QED) is 0.693. The Hall–Kier alpha value is -1.83. The van der Waals surface area contributed by atoms with Crippen LogP contribution in [0.3, 0.4) is 0 Å². The van der Waals surface area contributed by atoms with Crippen molar-refractivity contribution in [2.24, 2.45) is 0 Å². The van der Waals surface area contributed by atoms with Crippen molar-refractivity contribution in [2.75, 3.05) is 46.5 Å². The first kappa shape index (κ1) is 17.5. The van der Waals surface area contributed by atoms with Gasteiger partial charge in [-0.2, -0.15) is 0 Å². The number of benzene rings is 1. The van der Waals surface area contributed by atoms with Crippen LogP contribution in [0, 0.1) is 0 Å². The standard InChI is InChI=1S/C16H24N2O5/c1-16(21,11-18-5-7-23-8-6-18)10-17-15(20)13-4-3-12(22-2)9-14(13)19/h3-4,9,19,21H,5-8,10-11H2,1-2H3,(H,17,20)/t16-/m1/s1. The SMILES string of the molecule is COc1ccc(C(=O)NC[C@@](C)(O)CN2CCOCC2)c(O)c1. The first-order chi connectivity index (χ1) is 10.9. The maximum atomic E-state index is 12.1. The van der Waals surface area contributed by atoms with Gasteiger partial charge in [0.15, 0.2) is 0 Å². The maximum Gasteiger partial charge on any atom is 0.255 e. The van der Waals surface area contributed by atoms with E-state index in [9.17, 15) is 15.0 Å². The fourth-order valence-electron chi connectivity index (χ4n) is 2.49. The Bertz CT molecular complexity index is 541. The molecule has 0 aromatic heterocycles. The third-order valence-electron chi connectivity index (χ3n) is 3.75. The van der Waals surface area contributed by atoms with E-state index in [1.807, 2.05) is 0 Å². The second-order valence-electron chi connectivity index (χ2n) is 5.95. The predicted molar refractivity (Wildman–Crippen MR) is 84.9 cm³/mol. The molecular formula is C16H24N2O5. The lowest BCUT2D eigenvalue weighted by Gasteiger charge is -2.33. The summed E-state index contributed by atoms with van der Waals surface area (Å²) in [6.07, 6.45) is 0. The van der Waals surface area contributed by atoms with Crippen molar-refractivity contribution in [3.8, 4) is 11.5 Å². The molecule has 1 atom stereocenters. The maximum absolute atomic E-state index is 12.1. The van der Waals surface area contributed by atoms with Crippen LogP contribution in [0.1, 0.15) is 17.3 Å². The Morgan fingerprint density at radius 2 is 2.13 bits per heavy atom. The average molecular weight is 324 g/mol. The Labute approximate surface area is 135 Å². The van der Waals surface area contributed by atoms with Crippen LogP contribution in [-0.4, -0.2) is 73.1 Å². The summed E-state index contributed by atoms with van der Waals surface area (Å²) >= 11 is 0. The summed E-state index contributed by atoms with van der Waals surface area (Å²) in [5, 5.41) is 23.0. The Morgan fingerprint density at radius 1 is 1.43 bits per heavy atom. The highest BCUT2D eigenvalue weighted by Gasteiger charge is 2.26. The van der Waals surface area contributed by atoms with Crippen LogP contribution in [0.2, 0.25) is 0 Å². The molecule has 0 spiro atoms. The van der Waals surface area contributed by atoms with E-state index >= 15 is 0 Å². The molecule has 0 saturated carbocycles. The highest BCUT2D eigenvalue weighted by Crippen LogP contribution is 2.23. The van der Waals surface area contributed by atoms with Crippen LogP contribution in [0.25, 0.3) is 0 Å².